The summed E-state index contributed by atoms with van der Waals surface area (Å²) in [6, 6.07) is 0.194. The van der Waals surface area contributed by atoms with E-state index in [2.05, 4.69) is 16.9 Å². The number of carbonyl (C=O) groups is 1. The van der Waals surface area contributed by atoms with Crippen molar-refractivity contribution in [2.75, 3.05) is 6.54 Å². The summed E-state index contributed by atoms with van der Waals surface area (Å²) in [5.41, 5.74) is 0.590. The summed E-state index contributed by atoms with van der Waals surface area (Å²) in [6.45, 7) is 11.8. The predicted octanol–water partition coefficient (Wildman–Crippen LogP) is 2.70. The number of carbonyl (C=O) groups excluding carboxylic acids is 1. The third-order valence-corrected chi connectivity index (χ3v) is 2.58. The molecule has 5 nitrogen and oxygen atoms in total. The molecule has 0 radical (unpaired) electrons. The molecule has 1 amide bonds. The van der Waals surface area contributed by atoms with Gasteiger partial charge in [0.15, 0.2) is 0 Å². The Morgan fingerprint density at radius 2 is 2.32 bits per heavy atom. The van der Waals surface area contributed by atoms with Crippen molar-refractivity contribution < 1.29 is 9.53 Å². The Labute approximate surface area is 114 Å². The third-order valence-electron chi connectivity index (χ3n) is 2.58. The minimum atomic E-state index is -0.469. The summed E-state index contributed by atoms with van der Waals surface area (Å²) < 4.78 is 7.20. The monoisotopic (exact) mass is 265 g/mol. The van der Waals surface area contributed by atoms with Gasteiger partial charge in [0.25, 0.3) is 0 Å². The van der Waals surface area contributed by atoms with Gasteiger partial charge in [-0.1, -0.05) is 6.08 Å². The second-order valence-electron chi connectivity index (χ2n) is 5.45. The lowest BCUT2D eigenvalue weighted by atomic mass is 10.2. The first-order valence-electron chi connectivity index (χ1n) is 6.43. The highest BCUT2D eigenvalue weighted by Crippen LogP contribution is 2.11. The Hall–Kier alpha value is -1.78. The highest BCUT2D eigenvalue weighted by Gasteiger charge is 2.15. The molecule has 0 fully saturated rings. The predicted molar refractivity (Wildman–Crippen MR) is 75.1 cm³/mol. The van der Waals surface area contributed by atoms with Crippen LogP contribution in [-0.4, -0.2) is 27.8 Å². The van der Waals surface area contributed by atoms with Crippen LogP contribution in [0.3, 0.4) is 0 Å². The fourth-order valence-corrected chi connectivity index (χ4v) is 1.61. The molecule has 106 valence electrons. The van der Waals surface area contributed by atoms with Gasteiger partial charge in [0.2, 0.25) is 0 Å². The quantitative estimate of drug-likeness (QED) is 0.833. The molecule has 0 aromatic carbocycles. The molecule has 5 heteroatoms. The summed E-state index contributed by atoms with van der Waals surface area (Å²) in [6.07, 6.45) is 5.74. The standard InChI is InChI=1S/C14H23N3O2/c1-6-11(2)17-10-15-9-12(17)7-8-16-13(18)19-14(3,4)5/h6,9-11H,1,7-8H2,2-5H3,(H,16,18). The normalized spacial score (nSPS) is 12.8. The zero-order valence-electron chi connectivity index (χ0n) is 12.1. The molecular weight excluding hydrogens is 242 g/mol. The number of amides is 1. The maximum atomic E-state index is 11.5. The Morgan fingerprint density at radius 1 is 1.63 bits per heavy atom. The van der Waals surface area contributed by atoms with E-state index in [9.17, 15) is 4.79 Å². The zero-order chi connectivity index (χ0) is 14.5. The van der Waals surface area contributed by atoms with Crippen molar-refractivity contribution in [1.82, 2.24) is 14.9 Å². The van der Waals surface area contributed by atoms with Crippen molar-refractivity contribution >= 4 is 6.09 Å². The molecule has 0 spiro atoms. The molecule has 0 aliphatic heterocycles. The highest BCUT2D eigenvalue weighted by molar-refractivity contribution is 5.67. The van der Waals surface area contributed by atoms with E-state index in [0.29, 0.717) is 13.0 Å². The van der Waals surface area contributed by atoms with Crippen LogP contribution in [0.25, 0.3) is 0 Å². The Kier molecular flexibility index (Phi) is 5.15. The summed E-state index contributed by atoms with van der Waals surface area (Å²) in [4.78, 5) is 15.6. The second kappa shape index (κ2) is 6.41. The molecule has 0 aliphatic carbocycles. The van der Waals surface area contributed by atoms with Gasteiger partial charge in [0, 0.05) is 30.9 Å². The molecule has 1 aromatic heterocycles. The Bertz CT molecular complexity index is 432. The molecule has 1 N–H and O–H groups in total. The minimum absolute atomic E-state index is 0.194. The van der Waals surface area contributed by atoms with Crippen molar-refractivity contribution in [1.29, 1.82) is 0 Å². The average Bonchev–Trinajstić information content (AvgIpc) is 2.74. The summed E-state index contributed by atoms with van der Waals surface area (Å²) >= 11 is 0. The van der Waals surface area contributed by atoms with Crippen LogP contribution >= 0.6 is 0 Å². The molecular formula is C14H23N3O2. The Balaban J connectivity index is 2.44. The zero-order valence-corrected chi connectivity index (χ0v) is 12.1. The van der Waals surface area contributed by atoms with E-state index >= 15 is 0 Å². The van der Waals surface area contributed by atoms with Gasteiger partial charge >= 0.3 is 6.09 Å². The molecule has 1 heterocycles. The van der Waals surface area contributed by atoms with Crippen molar-refractivity contribution in [2.45, 2.75) is 45.8 Å². The van der Waals surface area contributed by atoms with E-state index < -0.39 is 11.7 Å². The number of hydrogen-bond acceptors (Lipinski definition) is 3. The molecule has 1 unspecified atom stereocenters. The van der Waals surface area contributed by atoms with Gasteiger partial charge in [-0.15, -0.1) is 6.58 Å². The summed E-state index contributed by atoms with van der Waals surface area (Å²) in [5.74, 6) is 0. The third kappa shape index (κ3) is 5.16. The smallest absolute Gasteiger partial charge is 0.407 e. The Morgan fingerprint density at radius 3 is 2.89 bits per heavy atom. The molecule has 0 saturated heterocycles. The van der Waals surface area contributed by atoms with Crippen LogP contribution in [0.15, 0.2) is 25.2 Å². The summed E-state index contributed by atoms with van der Waals surface area (Å²) in [7, 11) is 0. The van der Waals surface area contributed by atoms with Gasteiger partial charge in [-0.25, -0.2) is 9.78 Å². The van der Waals surface area contributed by atoms with E-state index in [1.807, 2.05) is 38.3 Å². The van der Waals surface area contributed by atoms with Crippen LogP contribution < -0.4 is 5.32 Å². The molecule has 0 aliphatic rings. The number of hydrogen-bond donors (Lipinski definition) is 1. The number of nitrogens with zero attached hydrogens (tertiary/aromatic N) is 2. The lowest BCUT2D eigenvalue weighted by Gasteiger charge is -2.19. The summed E-state index contributed by atoms with van der Waals surface area (Å²) in [5, 5.41) is 2.73. The number of ether oxygens (including phenoxy) is 1. The van der Waals surface area contributed by atoms with Crippen LogP contribution in [0.4, 0.5) is 4.79 Å². The molecule has 0 saturated carbocycles. The molecule has 0 bridgehead atoms. The van der Waals surface area contributed by atoms with Gasteiger partial charge in [-0.2, -0.15) is 0 Å². The first kappa shape index (κ1) is 15.3. The van der Waals surface area contributed by atoms with E-state index in [0.717, 1.165) is 5.69 Å². The molecule has 19 heavy (non-hydrogen) atoms. The topological polar surface area (TPSA) is 56.2 Å². The van der Waals surface area contributed by atoms with E-state index in [-0.39, 0.29) is 6.04 Å². The van der Waals surface area contributed by atoms with Crippen LogP contribution in [-0.2, 0) is 11.2 Å². The van der Waals surface area contributed by atoms with Crippen molar-refractivity contribution in [3.63, 3.8) is 0 Å². The number of alkyl carbamates (subject to hydrolysis) is 1. The maximum absolute atomic E-state index is 11.5. The van der Waals surface area contributed by atoms with E-state index in [4.69, 9.17) is 4.74 Å². The lowest BCUT2D eigenvalue weighted by Crippen LogP contribution is -2.33. The van der Waals surface area contributed by atoms with E-state index in [1.54, 1.807) is 12.5 Å². The number of imidazole rings is 1. The lowest BCUT2D eigenvalue weighted by molar-refractivity contribution is 0.0528. The molecule has 1 rings (SSSR count). The number of rotatable bonds is 5. The van der Waals surface area contributed by atoms with Crippen molar-refractivity contribution in [2.24, 2.45) is 0 Å². The van der Waals surface area contributed by atoms with Gasteiger partial charge < -0.3 is 14.6 Å². The van der Waals surface area contributed by atoms with Gasteiger partial charge in [-0.05, 0) is 27.7 Å². The fourth-order valence-electron chi connectivity index (χ4n) is 1.61. The van der Waals surface area contributed by atoms with Crippen molar-refractivity contribution in [3.8, 4) is 0 Å². The van der Waals surface area contributed by atoms with Gasteiger partial charge in [0.05, 0.1) is 6.33 Å². The number of aromatic nitrogens is 2. The van der Waals surface area contributed by atoms with Crippen LogP contribution in [0, 0.1) is 0 Å². The minimum Gasteiger partial charge on any atom is -0.444 e. The first-order chi connectivity index (χ1) is 8.83. The van der Waals surface area contributed by atoms with Gasteiger partial charge in [-0.3, -0.25) is 0 Å². The SMILES string of the molecule is C=CC(C)n1cncc1CCNC(=O)OC(C)(C)C. The molecule has 1 aromatic rings. The fraction of sp³-hybridized carbons (Fsp3) is 0.571. The second-order valence-corrected chi connectivity index (χ2v) is 5.45. The number of nitrogens with one attached hydrogen (secondary N) is 1. The molecule has 1 atom stereocenters. The van der Waals surface area contributed by atoms with Crippen LogP contribution in [0.5, 0.6) is 0 Å². The van der Waals surface area contributed by atoms with E-state index in [1.165, 1.54) is 0 Å². The van der Waals surface area contributed by atoms with Crippen LogP contribution in [0.2, 0.25) is 0 Å². The number of allylic oxidation sites excluding steroid dienone is 1. The first-order valence-corrected chi connectivity index (χ1v) is 6.43. The highest BCUT2D eigenvalue weighted by atomic mass is 16.6. The van der Waals surface area contributed by atoms with Crippen LogP contribution in [0.1, 0.15) is 39.4 Å². The largest absolute Gasteiger partial charge is 0.444 e. The average molecular weight is 265 g/mol. The maximum Gasteiger partial charge on any atom is 0.407 e. The van der Waals surface area contributed by atoms with Gasteiger partial charge in [0.1, 0.15) is 5.60 Å². The van der Waals surface area contributed by atoms with Crippen molar-refractivity contribution in [3.05, 3.63) is 30.9 Å².